The first kappa shape index (κ1) is 12.2. The van der Waals surface area contributed by atoms with Gasteiger partial charge in [-0.2, -0.15) is 8.78 Å². The van der Waals surface area contributed by atoms with E-state index < -0.39 is 6.61 Å². The molecule has 0 aliphatic rings. The zero-order valence-electron chi connectivity index (χ0n) is 8.21. The molecule has 1 aromatic carbocycles. The highest BCUT2D eigenvalue weighted by molar-refractivity contribution is 6.30. The molecule has 1 atom stereocenters. The fourth-order valence-electron chi connectivity index (χ4n) is 1.23. The number of hydrogen-bond acceptors (Lipinski definition) is 2. The van der Waals surface area contributed by atoms with E-state index in [0.29, 0.717) is 17.1 Å². The fraction of sp³-hybridized carbons (Fsp3) is 0.400. The molecule has 0 fully saturated rings. The van der Waals surface area contributed by atoms with Gasteiger partial charge in [-0.15, -0.1) is 0 Å². The summed E-state index contributed by atoms with van der Waals surface area (Å²) >= 11 is 5.77. The standard InChI is InChI=1S/C10H12ClF2NO/c1-6(5-14)8-4-7(11)2-3-9(8)15-10(12)13/h2-4,6,10H,5,14H2,1H3. The summed E-state index contributed by atoms with van der Waals surface area (Å²) in [5.74, 6) is 0.0600. The van der Waals surface area contributed by atoms with Gasteiger partial charge >= 0.3 is 6.61 Å². The maximum atomic E-state index is 12.1. The Morgan fingerprint density at radius 1 is 1.47 bits per heavy atom. The molecule has 0 saturated carbocycles. The lowest BCUT2D eigenvalue weighted by molar-refractivity contribution is -0.0505. The monoisotopic (exact) mass is 235 g/mol. The first-order valence-electron chi connectivity index (χ1n) is 4.49. The Kier molecular flexibility index (Phi) is 4.29. The molecule has 1 rings (SSSR count). The van der Waals surface area contributed by atoms with Gasteiger partial charge in [-0.1, -0.05) is 18.5 Å². The van der Waals surface area contributed by atoms with Gasteiger partial charge in [0.05, 0.1) is 0 Å². The fourth-order valence-corrected chi connectivity index (χ4v) is 1.42. The Morgan fingerprint density at radius 2 is 2.13 bits per heavy atom. The zero-order chi connectivity index (χ0) is 11.4. The molecule has 0 heterocycles. The van der Waals surface area contributed by atoms with Crippen LogP contribution in [0.1, 0.15) is 18.4 Å². The van der Waals surface area contributed by atoms with Crippen LogP contribution in [0.25, 0.3) is 0 Å². The molecule has 15 heavy (non-hydrogen) atoms. The quantitative estimate of drug-likeness (QED) is 0.871. The summed E-state index contributed by atoms with van der Waals surface area (Å²) in [6.07, 6.45) is 0. The number of benzene rings is 1. The molecule has 0 aliphatic heterocycles. The topological polar surface area (TPSA) is 35.2 Å². The van der Waals surface area contributed by atoms with Crippen molar-refractivity contribution in [3.63, 3.8) is 0 Å². The highest BCUT2D eigenvalue weighted by Gasteiger charge is 2.14. The molecular formula is C10H12ClF2NO. The molecule has 0 saturated heterocycles. The van der Waals surface area contributed by atoms with Gasteiger partial charge in [0.15, 0.2) is 0 Å². The number of rotatable bonds is 4. The van der Waals surface area contributed by atoms with Crippen LogP contribution in [0.15, 0.2) is 18.2 Å². The normalized spacial score (nSPS) is 12.9. The van der Waals surface area contributed by atoms with E-state index in [9.17, 15) is 8.78 Å². The van der Waals surface area contributed by atoms with Crippen LogP contribution in [0.2, 0.25) is 5.02 Å². The predicted octanol–water partition coefficient (Wildman–Crippen LogP) is 3.00. The molecule has 1 unspecified atom stereocenters. The molecule has 0 spiro atoms. The second-order valence-corrected chi connectivity index (χ2v) is 3.63. The number of nitrogens with two attached hydrogens (primary N) is 1. The van der Waals surface area contributed by atoms with Crippen molar-refractivity contribution in [1.82, 2.24) is 0 Å². The molecule has 0 aromatic heterocycles. The highest BCUT2D eigenvalue weighted by atomic mass is 35.5. The van der Waals surface area contributed by atoms with Crippen molar-refractivity contribution in [2.75, 3.05) is 6.54 Å². The molecule has 84 valence electrons. The van der Waals surface area contributed by atoms with Crippen molar-refractivity contribution in [3.8, 4) is 5.75 Å². The van der Waals surface area contributed by atoms with E-state index >= 15 is 0 Å². The van der Waals surface area contributed by atoms with Gasteiger partial charge < -0.3 is 10.5 Å². The van der Waals surface area contributed by atoms with Crippen molar-refractivity contribution in [3.05, 3.63) is 28.8 Å². The summed E-state index contributed by atoms with van der Waals surface area (Å²) in [5.41, 5.74) is 6.07. The summed E-state index contributed by atoms with van der Waals surface area (Å²) in [4.78, 5) is 0. The predicted molar refractivity (Wildman–Crippen MR) is 55.6 cm³/mol. The van der Waals surface area contributed by atoms with Crippen LogP contribution in [0, 0.1) is 0 Å². The van der Waals surface area contributed by atoms with Crippen molar-refractivity contribution >= 4 is 11.6 Å². The second-order valence-electron chi connectivity index (χ2n) is 3.20. The Labute approximate surface area is 92.0 Å². The van der Waals surface area contributed by atoms with E-state index in [1.807, 2.05) is 6.92 Å². The SMILES string of the molecule is CC(CN)c1cc(Cl)ccc1OC(F)F. The van der Waals surface area contributed by atoms with Gasteiger partial charge in [-0.3, -0.25) is 0 Å². The molecule has 1 aromatic rings. The van der Waals surface area contributed by atoms with Crippen LogP contribution in [-0.2, 0) is 0 Å². The van der Waals surface area contributed by atoms with Crippen molar-refractivity contribution in [2.45, 2.75) is 19.5 Å². The Balaban J connectivity index is 3.02. The summed E-state index contributed by atoms with van der Waals surface area (Å²) in [7, 11) is 0. The maximum Gasteiger partial charge on any atom is 0.387 e. The summed E-state index contributed by atoms with van der Waals surface area (Å²) in [6, 6.07) is 4.53. The van der Waals surface area contributed by atoms with E-state index in [0.717, 1.165) is 0 Å². The van der Waals surface area contributed by atoms with Gasteiger partial charge in [0.2, 0.25) is 0 Å². The lowest BCUT2D eigenvalue weighted by atomic mass is 10.0. The van der Waals surface area contributed by atoms with E-state index in [-0.39, 0.29) is 11.7 Å². The molecular weight excluding hydrogens is 224 g/mol. The first-order valence-corrected chi connectivity index (χ1v) is 4.86. The number of ether oxygens (including phenoxy) is 1. The molecule has 2 nitrogen and oxygen atoms in total. The van der Waals surface area contributed by atoms with Gasteiger partial charge in [-0.25, -0.2) is 0 Å². The van der Waals surface area contributed by atoms with E-state index in [1.54, 1.807) is 6.07 Å². The number of hydrogen-bond donors (Lipinski definition) is 1. The number of alkyl halides is 2. The van der Waals surface area contributed by atoms with E-state index in [2.05, 4.69) is 4.74 Å². The molecule has 5 heteroatoms. The maximum absolute atomic E-state index is 12.1. The Morgan fingerprint density at radius 3 is 2.67 bits per heavy atom. The summed E-state index contributed by atoms with van der Waals surface area (Å²) in [6.45, 7) is -0.667. The van der Waals surface area contributed by atoms with Gasteiger partial charge in [0, 0.05) is 5.02 Å². The lowest BCUT2D eigenvalue weighted by Gasteiger charge is -2.15. The van der Waals surface area contributed by atoms with Crippen LogP contribution in [0.3, 0.4) is 0 Å². The molecule has 2 N–H and O–H groups in total. The summed E-state index contributed by atoms with van der Waals surface area (Å²) < 4.78 is 28.5. The minimum Gasteiger partial charge on any atom is -0.435 e. The minimum atomic E-state index is -2.84. The third-order valence-electron chi connectivity index (χ3n) is 2.07. The molecule has 0 aliphatic carbocycles. The van der Waals surface area contributed by atoms with Gasteiger partial charge in [0.25, 0.3) is 0 Å². The average Bonchev–Trinajstić information content (AvgIpc) is 2.19. The van der Waals surface area contributed by atoms with Crippen molar-refractivity contribution in [2.24, 2.45) is 5.73 Å². The third kappa shape index (κ3) is 3.32. The van der Waals surface area contributed by atoms with Crippen LogP contribution < -0.4 is 10.5 Å². The van der Waals surface area contributed by atoms with Gasteiger partial charge in [-0.05, 0) is 36.2 Å². The van der Waals surface area contributed by atoms with Crippen molar-refractivity contribution < 1.29 is 13.5 Å². The van der Waals surface area contributed by atoms with Gasteiger partial charge in [0.1, 0.15) is 5.75 Å². The molecule has 0 bridgehead atoms. The minimum absolute atomic E-state index is 0.0718. The summed E-state index contributed by atoms with van der Waals surface area (Å²) in [5, 5.41) is 0.479. The van der Waals surface area contributed by atoms with E-state index in [1.165, 1.54) is 12.1 Å². The Bertz CT molecular complexity index is 333. The highest BCUT2D eigenvalue weighted by Crippen LogP contribution is 2.30. The van der Waals surface area contributed by atoms with Crippen LogP contribution >= 0.6 is 11.6 Å². The van der Waals surface area contributed by atoms with Crippen LogP contribution in [0.4, 0.5) is 8.78 Å². The average molecular weight is 236 g/mol. The number of halogens is 3. The molecule has 0 radical (unpaired) electrons. The zero-order valence-corrected chi connectivity index (χ0v) is 8.97. The third-order valence-corrected chi connectivity index (χ3v) is 2.31. The second kappa shape index (κ2) is 5.28. The smallest absolute Gasteiger partial charge is 0.387 e. The first-order chi connectivity index (χ1) is 7.04. The van der Waals surface area contributed by atoms with E-state index in [4.69, 9.17) is 17.3 Å². The van der Waals surface area contributed by atoms with Crippen LogP contribution in [-0.4, -0.2) is 13.2 Å². The van der Waals surface area contributed by atoms with Crippen molar-refractivity contribution in [1.29, 1.82) is 0 Å². The largest absolute Gasteiger partial charge is 0.435 e. The lowest BCUT2D eigenvalue weighted by Crippen LogP contribution is -2.12. The molecule has 0 amide bonds. The van der Waals surface area contributed by atoms with Crippen LogP contribution in [0.5, 0.6) is 5.75 Å². The Hall–Kier alpha value is -0.870.